The molecular weight excluding hydrogens is 278 g/mol. The molecule has 3 rings (SSSR count). The van der Waals surface area contributed by atoms with E-state index in [0.717, 1.165) is 31.2 Å². The van der Waals surface area contributed by atoms with Gasteiger partial charge in [0.1, 0.15) is 5.54 Å². The number of amides is 2. The summed E-state index contributed by atoms with van der Waals surface area (Å²) in [6, 6.07) is 9.33. The molecule has 5 nitrogen and oxygen atoms in total. The van der Waals surface area contributed by atoms with Crippen LogP contribution in [0.15, 0.2) is 30.3 Å². The van der Waals surface area contributed by atoms with E-state index in [-0.39, 0.29) is 24.3 Å². The van der Waals surface area contributed by atoms with Crippen LogP contribution in [0.3, 0.4) is 0 Å². The summed E-state index contributed by atoms with van der Waals surface area (Å²) in [6.45, 7) is 1.12. The highest BCUT2D eigenvalue weighted by Crippen LogP contribution is 2.37. The first-order chi connectivity index (χ1) is 10.6. The molecule has 0 bridgehead atoms. The van der Waals surface area contributed by atoms with Crippen LogP contribution in [0.1, 0.15) is 43.7 Å². The fourth-order valence-corrected chi connectivity index (χ4v) is 3.72. The van der Waals surface area contributed by atoms with Gasteiger partial charge in [-0.1, -0.05) is 43.2 Å². The number of nitrogens with one attached hydrogen (secondary N) is 1. The number of hydrogen-bond acceptors (Lipinski definition) is 3. The van der Waals surface area contributed by atoms with Gasteiger partial charge in [0.05, 0.1) is 0 Å². The summed E-state index contributed by atoms with van der Waals surface area (Å²) >= 11 is 0. The lowest BCUT2D eigenvalue weighted by Gasteiger charge is -2.44. The van der Waals surface area contributed by atoms with Crippen molar-refractivity contribution in [1.29, 1.82) is 0 Å². The Morgan fingerprint density at radius 2 is 1.95 bits per heavy atom. The number of hydrogen-bond donors (Lipinski definition) is 2. The molecule has 3 N–H and O–H groups in total. The molecule has 0 aromatic heterocycles. The van der Waals surface area contributed by atoms with Gasteiger partial charge in [0.2, 0.25) is 11.8 Å². The molecule has 1 spiro atoms. The van der Waals surface area contributed by atoms with Crippen molar-refractivity contribution in [3.63, 3.8) is 0 Å². The molecule has 22 heavy (non-hydrogen) atoms. The molecule has 1 aromatic carbocycles. The Morgan fingerprint density at radius 3 is 2.64 bits per heavy atom. The van der Waals surface area contributed by atoms with Gasteiger partial charge >= 0.3 is 0 Å². The van der Waals surface area contributed by atoms with Crippen LogP contribution in [-0.4, -0.2) is 35.3 Å². The lowest BCUT2D eigenvalue weighted by Crippen LogP contribution is -2.65. The highest BCUT2D eigenvalue weighted by atomic mass is 16.2. The highest BCUT2D eigenvalue weighted by molar-refractivity contribution is 5.93. The molecule has 0 radical (unpaired) electrons. The average Bonchev–Trinajstić information content (AvgIpc) is 3.01. The first kappa shape index (κ1) is 15.0. The summed E-state index contributed by atoms with van der Waals surface area (Å²) in [7, 11) is 0. The predicted molar refractivity (Wildman–Crippen MR) is 83.9 cm³/mol. The molecule has 2 aliphatic rings. The summed E-state index contributed by atoms with van der Waals surface area (Å²) in [5.74, 6) is 0.00554. The number of piperazine rings is 1. The Morgan fingerprint density at radius 1 is 1.27 bits per heavy atom. The quantitative estimate of drug-likeness (QED) is 0.885. The fourth-order valence-electron chi connectivity index (χ4n) is 3.72. The second-order valence-electron chi connectivity index (χ2n) is 6.26. The number of carbonyl (C=O) groups excluding carboxylic acids is 2. The molecule has 2 fully saturated rings. The van der Waals surface area contributed by atoms with Crippen LogP contribution < -0.4 is 11.1 Å². The van der Waals surface area contributed by atoms with Crippen molar-refractivity contribution in [2.75, 3.05) is 13.1 Å². The van der Waals surface area contributed by atoms with Crippen molar-refractivity contribution >= 4 is 11.8 Å². The van der Waals surface area contributed by atoms with Crippen LogP contribution in [0.25, 0.3) is 0 Å². The Balaban J connectivity index is 1.74. The summed E-state index contributed by atoms with van der Waals surface area (Å²) in [6.07, 6.45) is 3.79. The number of rotatable bonds is 3. The SMILES string of the molecule is NC(CC(=O)N1CCNC(=O)C12CCCC2)c1ccccc1. The minimum absolute atomic E-state index is 0.00639. The molecular formula is C17H23N3O2. The standard InChI is InChI=1S/C17H23N3O2/c18-14(13-6-2-1-3-7-13)12-15(21)20-11-10-19-16(22)17(20)8-4-5-9-17/h1-3,6-7,14H,4-5,8-12,18H2,(H,19,22). The molecule has 1 unspecified atom stereocenters. The van der Waals surface area contributed by atoms with E-state index in [1.54, 1.807) is 4.90 Å². The fraction of sp³-hybridized carbons (Fsp3) is 0.529. The zero-order valence-electron chi connectivity index (χ0n) is 12.8. The normalized spacial score (nSPS) is 21.7. The van der Waals surface area contributed by atoms with Crippen molar-refractivity contribution in [3.05, 3.63) is 35.9 Å². The molecule has 1 aliphatic heterocycles. The maximum atomic E-state index is 12.8. The van der Waals surface area contributed by atoms with E-state index in [4.69, 9.17) is 5.73 Å². The molecule has 1 saturated carbocycles. The molecule has 1 aliphatic carbocycles. The molecule has 1 atom stereocenters. The molecule has 1 saturated heterocycles. The van der Waals surface area contributed by atoms with Crippen LogP contribution in [0, 0.1) is 0 Å². The summed E-state index contributed by atoms with van der Waals surface area (Å²) in [4.78, 5) is 26.9. The van der Waals surface area contributed by atoms with Crippen molar-refractivity contribution < 1.29 is 9.59 Å². The first-order valence-corrected chi connectivity index (χ1v) is 8.03. The van der Waals surface area contributed by atoms with Gasteiger partial charge < -0.3 is 16.0 Å². The second-order valence-corrected chi connectivity index (χ2v) is 6.26. The van der Waals surface area contributed by atoms with Crippen LogP contribution in [0.5, 0.6) is 0 Å². The highest BCUT2D eigenvalue weighted by Gasteiger charge is 2.49. The Bertz CT molecular complexity index is 552. The van der Waals surface area contributed by atoms with Gasteiger partial charge in [-0.15, -0.1) is 0 Å². The van der Waals surface area contributed by atoms with Gasteiger partial charge in [-0.25, -0.2) is 0 Å². The molecule has 1 heterocycles. The Labute approximate surface area is 130 Å². The second kappa shape index (κ2) is 6.08. The molecule has 1 aromatic rings. The van der Waals surface area contributed by atoms with Crippen molar-refractivity contribution in [1.82, 2.24) is 10.2 Å². The van der Waals surface area contributed by atoms with E-state index >= 15 is 0 Å². The third-order valence-electron chi connectivity index (χ3n) is 4.91. The van der Waals surface area contributed by atoms with Crippen molar-refractivity contribution in [2.24, 2.45) is 5.73 Å². The molecule has 118 valence electrons. The van der Waals surface area contributed by atoms with Crippen LogP contribution in [0.4, 0.5) is 0 Å². The number of nitrogens with two attached hydrogens (primary N) is 1. The van der Waals surface area contributed by atoms with Gasteiger partial charge in [-0.05, 0) is 18.4 Å². The van der Waals surface area contributed by atoms with Gasteiger partial charge in [-0.2, -0.15) is 0 Å². The molecule has 5 heteroatoms. The van der Waals surface area contributed by atoms with E-state index in [1.807, 2.05) is 30.3 Å². The summed E-state index contributed by atoms with van der Waals surface area (Å²) < 4.78 is 0. The maximum Gasteiger partial charge on any atom is 0.246 e. The minimum atomic E-state index is -0.619. The van der Waals surface area contributed by atoms with Crippen molar-refractivity contribution in [3.8, 4) is 0 Å². The summed E-state index contributed by atoms with van der Waals surface area (Å²) in [5.41, 5.74) is 6.51. The van der Waals surface area contributed by atoms with E-state index in [0.29, 0.717) is 13.1 Å². The van der Waals surface area contributed by atoms with Crippen LogP contribution in [-0.2, 0) is 9.59 Å². The largest absolute Gasteiger partial charge is 0.352 e. The maximum absolute atomic E-state index is 12.8. The topological polar surface area (TPSA) is 75.4 Å². The first-order valence-electron chi connectivity index (χ1n) is 8.03. The third-order valence-corrected chi connectivity index (χ3v) is 4.91. The van der Waals surface area contributed by atoms with Gasteiger partial charge in [0, 0.05) is 25.6 Å². The zero-order chi connectivity index (χ0) is 15.6. The van der Waals surface area contributed by atoms with Crippen LogP contribution in [0.2, 0.25) is 0 Å². The van der Waals surface area contributed by atoms with Crippen molar-refractivity contribution in [2.45, 2.75) is 43.7 Å². The lowest BCUT2D eigenvalue weighted by molar-refractivity contribution is -0.151. The Hall–Kier alpha value is -1.88. The zero-order valence-corrected chi connectivity index (χ0v) is 12.8. The van der Waals surface area contributed by atoms with Gasteiger partial charge in [-0.3, -0.25) is 9.59 Å². The molecule has 2 amide bonds. The monoisotopic (exact) mass is 301 g/mol. The van der Waals surface area contributed by atoms with Gasteiger partial charge in [0.25, 0.3) is 0 Å². The van der Waals surface area contributed by atoms with E-state index in [1.165, 1.54) is 0 Å². The Kier molecular flexibility index (Phi) is 4.16. The van der Waals surface area contributed by atoms with E-state index < -0.39 is 5.54 Å². The van der Waals surface area contributed by atoms with E-state index in [2.05, 4.69) is 5.32 Å². The lowest BCUT2D eigenvalue weighted by atomic mass is 9.90. The number of carbonyl (C=O) groups is 2. The smallest absolute Gasteiger partial charge is 0.246 e. The van der Waals surface area contributed by atoms with Crippen LogP contribution >= 0.6 is 0 Å². The van der Waals surface area contributed by atoms with Gasteiger partial charge in [0.15, 0.2) is 0 Å². The average molecular weight is 301 g/mol. The number of nitrogens with zero attached hydrogens (tertiary/aromatic N) is 1. The summed E-state index contributed by atoms with van der Waals surface area (Å²) in [5, 5.41) is 2.92. The number of benzene rings is 1. The minimum Gasteiger partial charge on any atom is -0.352 e. The predicted octanol–water partition coefficient (Wildman–Crippen LogP) is 1.35. The van der Waals surface area contributed by atoms with E-state index in [9.17, 15) is 9.59 Å². The third kappa shape index (κ3) is 2.61.